The number of carbonyl (C=O) groups excluding carboxylic acids is 4. The third-order valence-electron chi connectivity index (χ3n) is 7.19. The van der Waals surface area contributed by atoms with E-state index in [4.69, 9.17) is 16.0 Å². The molecule has 0 saturated heterocycles. The average molecular weight is 562 g/mol. The summed E-state index contributed by atoms with van der Waals surface area (Å²) in [6, 6.07) is 20.5. The van der Waals surface area contributed by atoms with E-state index in [0.717, 1.165) is 5.39 Å². The normalized spacial score (nSPS) is 16.5. The van der Waals surface area contributed by atoms with Gasteiger partial charge in [0.25, 0.3) is 5.91 Å². The predicted octanol–water partition coefficient (Wildman–Crippen LogP) is 3.46. The number of nitrogens with zero attached hydrogens (tertiary/aromatic N) is 3. The fourth-order valence-corrected chi connectivity index (χ4v) is 4.77. The van der Waals surface area contributed by atoms with Gasteiger partial charge < -0.3 is 25.8 Å². The molecule has 0 bridgehead atoms. The molecule has 1 aliphatic heterocycles. The van der Waals surface area contributed by atoms with Crippen molar-refractivity contribution in [3.8, 4) is 0 Å². The Morgan fingerprint density at radius 3 is 2.23 bits per heavy atom. The van der Waals surface area contributed by atoms with Crippen LogP contribution >= 0.6 is 12.4 Å². The highest BCUT2D eigenvalue weighted by Crippen LogP contribution is 2.38. The molecule has 0 radical (unpaired) electrons. The number of fused-ring (bicyclic) bond motifs is 2. The SMILES string of the molecule is CC(=O)c1ccc(C(=O)N2C[C@@H](C(C)(N)C(N)=O)C(=O)N(Cc3noc4ccccc34)c3ccccc32)cc1.Cl. The summed E-state index contributed by atoms with van der Waals surface area (Å²) in [5, 5.41) is 4.90. The van der Waals surface area contributed by atoms with Gasteiger partial charge >= 0.3 is 0 Å². The van der Waals surface area contributed by atoms with Crippen LogP contribution in [0.1, 0.15) is 40.3 Å². The first-order valence-corrected chi connectivity index (χ1v) is 12.3. The molecule has 1 unspecified atom stereocenters. The number of hydrogen-bond donors (Lipinski definition) is 2. The quantitative estimate of drug-likeness (QED) is 0.342. The van der Waals surface area contributed by atoms with Gasteiger partial charge in [0.2, 0.25) is 11.8 Å². The fourth-order valence-electron chi connectivity index (χ4n) is 4.77. The minimum Gasteiger partial charge on any atom is -0.368 e. The van der Waals surface area contributed by atoms with Crippen molar-refractivity contribution in [1.82, 2.24) is 5.16 Å². The number of para-hydroxylation sites is 3. The third-order valence-corrected chi connectivity index (χ3v) is 7.19. The number of rotatable bonds is 6. The number of Topliss-reactive ketones (excluding diaryl/α,β-unsaturated/α-hetero) is 1. The van der Waals surface area contributed by atoms with Crippen molar-refractivity contribution in [1.29, 1.82) is 0 Å². The van der Waals surface area contributed by atoms with Crippen LogP contribution in [0.5, 0.6) is 0 Å². The zero-order chi connectivity index (χ0) is 27.9. The Balaban J connectivity index is 0.00000370. The van der Waals surface area contributed by atoms with Crippen molar-refractivity contribution in [2.75, 3.05) is 16.3 Å². The van der Waals surface area contributed by atoms with Crippen molar-refractivity contribution < 1.29 is 23.7 Å². The average Bonchev–Trinajstić information content (AvgIpc) is 3.29. The van der Waals surface area contributed by atoms with Crippen LogP contribution in [0.4, 0.5) is 11.4 Å². The Kier molecular flexibility index (Phi) is 7.77. The number of ketones is 1. The standard InChI is InChI=1S/C29H27N5O5.ClH/c1-17(35)18-11-13-19(14-12-18)26(36)33-15-21(29(2,31)28(30)38)27(37)34(24-9-5-4-8-23(24)33)16-22-20-7-3-6-10-25(20)39-32-22;/h3-14,21H,15-16,31H2,1-2H3,(H2,30,38);1H/t21-,29?;/m1./s1. The number of carbonyl (C=O) groups is 4. The van der Waals surface area contributed by atoms with Crippen LogP contribution in [0, 0.1) is 5.92 Å². The molecule has 1 aromatic heterocycles. The number of aromatic nitrogens is 1. The smallest absolute Gasteiger partial charge is 0.258 e. The molecule has 1 aliphatic rings. The fraction of sp³-hybridized carbons (Fsp3) is 0.207. The van der Waals surface area contributed by atoms with Crippen LogP contribution in [0.15, 0.2) is 77.3 Å². The molecule has 0 spiro atoms. The highest BCUT2D eigenvalue weighted by atomic mass is 35.5. The lowest BCUT2D eigenvalue weighted by atomic mass is 9.84. The van der Waals surface area contributed by atoms with E-state index in [1.54, 1.807) is 54.6 Å². The first kappa shape index (κ1) is 28.5. The summed E-state index contributed by atoms with van der Waals surface area (Å²) in [7, 11) is 0. The molecule has 0 fully saturated rings. The van der Waals surface area contributed by atoms with Gasteiger partial charge in [0.05, 0.1) is 23.8 Å². The Hall–Kier alpha value is -4.54. The molecule has 11 heteroatoms. The van der Waals surface area contributed by atoms with E-state index >= 15 is 0 Å². The number of hydrogen-bond acceptors (Lipinski definition) is 7. The summed E-state index contributed by atoms with van der Waals surface area (Å²) < 4.78 is 5.45. The second-order valence-electron chi connectivity index (χ2n) is 9.79. The number of nitrogens with two attached hydrogens (primary N) is 2. The van der Waals surface area contributed by atoms with Crippen LogP contribution < -0.4 is 21.3 Å². The van der Waals surface area contributed by atoms with Crippen molar-refractivity contribution in [3.05, 3.63) is 89.6 Å². The lowest BCUT2D eigenvalue weighted by Gasteiger charge is -2.33. The van der Waals surface area contributed by atoms with Gasteiger partial charge in [-0.15, -0.1) is 12.4 Å². The molecular formula is C29H28ClN5O5. The second kappa shape index (κ2) is 10.9. The predicted molar refractivity (Wildman–Crippen MR) is 152 cm³/mol. The molecule has 5 rings (SSSR count). The maximum Gasteiger partial charge on any atom is 0.258 e. The van der Waals surface area contributed by atoms with Gasteiger partial charge in [-0.25, -0.2) is 0 Å². The second-order valence-corrected chi connectivity index (χ2v) is 9.79. The van der Waals surface area contributed by atoms with E-state index < -0.39 is 29.2 Å². The molecule has 4 N–H and O–H groups in total. The Morgan fingerprint density at radius 2 is 1.57 bits per heavy atom. The molecule has 40 heavy (non-hydrogen) atoms. The number of amides is 3. The topological polar surface area (TPSA) is 153 Å². The number of benzene rings is 3. The van der Waals surface area contributed by atoms with Crippen LogP contribution in [0.25, 0.3) is 11.0 Å². The largest absolute Gasteiger partial charge is 0.368 e. The molecule has 3 amide bonds. The zero-order valence-corrected chi connectivity index (χ0v) is 22.7. The Labute approximate surface area is 236 Å². The van der Waals surface area contributed by atoms with Gasteiger partial charge in [0.1, 0.15) is 11.2 Å². The van der Waals surface area contributed by atoms with Gasteiger partial charge in [0.15, 0.2) is 11.4 Å². The molecule has 0 aliphatic carbocycles. The van der Waals surface area contributed by atoms with Gasteiger partial charge in [-0.2, -0.15) is 0 Å². The highest BCUT2D eigenvalue weighted by Gasteiger charge is 2.47. The van der Waals surface area contributed by atoms with Crippen LogP contribution in [0.2, 0.25) is 0 Å². The summed E-state index contributed by atoms with van der Waals surface area (Å²) in [6.45, 7) is 2.64. The highest BCUT2D eigenvalue weighted by molar-refractivity contribution is 6.13. The van der Waals surface area contributed by atoms with E-state index in [1.165, 1.54) is 23.6 Å². The molecule has 2 atom stereocenters. The molecule has 2 heterocycles. The third kappa shape index (κ3) is 4.94. The molecule has 206 valence electrons. The summed E-state index contributed by atoms with van der Waals surface area (Å²) in [6.07, 6.45) is 0. The van der Waals surface area contributed by atoms with Crippen molar-refractivity contribution in [2.45, 2.75) is 25.9 Å². The lowest BCUT2D eigenvalue weighted by Crippen LogP contribution is -2.62. The molecule has 0 saturated carbocycles. The van der Waals surface area contributed by atoms with Gasteiger partial charge in [0, 0.05) is 23.1 Å². The van der Waals surface area contributed by atoms with Crippen molar-refractivity contribution >= 4 is 58.3 Å². The van der Waals surface area contributed by atoms with Crippen LogP contribution in [-0.4, -0.2) is 40.7 Å². The summed E-state index contributed by atoms with van der Waals surface area (Å²) >= 11 is 0. The van der Waals surface area contributed by atoms with E-state index in [9.17, 15) is 19.2 Å². The monoisotopic (exact) mass is 561 g/mol. The van der Waals surface area contributed by atoms with Gasteiger partial charge in [-0.05, 0) is 50.2 Å². The zero-order valence-electron chi connectivity index (χ0n) is 21.9. The number of primary amides is 1. The van der Waals surface area contributed by atoms with E-state index in [0.29, 0.717) is 33.8 Å². The van der Waals surface area contributed by atoms with Crippen molar-refractivity contribution in [3.63, 3.8) is 0 Å². The minimum absolute atomic E-state index is 0. The van der Waals surface area contributed by atoms with Crippen LogP contribution in [0.3, 0.4) is 0 Å². The first-order chi connectivity index (χ1) is 18.6. The Morgan fingerprint density at radius 1 is 0.975 bits per heavy atom. The summed E-state index contributed by atoms with van der Waals surface area (Å²) in [5.74, 6) is -3.10. The molecule has 4 aromatic rings. The van der Waals surface area contributed by atoms with E-state index in [1.807, 2.05) is 18.2 Å². The maximum absolute atomic E-state index is 14.2. The van der Waals surface area contributed by atoms with E-state index in [-0.39, 0.29) is 31.3 Å². The molecule has 10 nitrogen and oxygen atoms in total. The van der Waals surface area contributed by atoms with Crippen LogP contribution in [-0.2, 0) is 16.1 Å². The lowest BCUT2D eigenvalue weighted by molar-refractivity contribution is -0.132. The number of halogens is 1. The van der Waals surface area contributed by atoms with Gasteiger partial charge in [-0.3, -0.25) is 19.2 Å². The summed E-state index contributed by atoms with van der Waals surface area (Å²) in [5.41, 5.74) is 13.0. The van der Waals surface area contributed by atoms with Gasteiger partial charge in [-0.1, -0.05) is 41.6 Å². The first-order valence-electron chi connectivity index (χ1n) is 12.3. The Bertz CT molecular complexity index is 1610. The molecule has 3 aromatic carbocycles. The van der Waals surface area contributed by atoms with Crippen molar-refractivity contribution in [2.24, 2.45) is 17.4 Å². The molecular weight excluding hydrogens is 534 g/mol. The summed E-state index contributed by atoms with van der Waals surface area (Å²) in [4.78, 5) is 55.1. The van der Waals surface area contributed by atoms with E-state index in [2.05, 4.69) is 5.16 Å². The maximum atomic E-state index is 14.2. The number of anilines is 2. The minimum atomic E-state index is -1.78.